The maximum Gasteiger partial charge on any atom is 0.215 e. The van der Waals surface area contributed by atoms with Crippen LogP contribution in [-0.4, -0.2) is 74.5 Å². The zero-order valence-electron chi connectivity index (χ0n) is 11.6. The Morgan fingerprint density at radius 3 is 1.10 bits per heavy atom. The molecule has 10 nitrogen and oxygen atoms in total. The van der Waals surface area contributed by atoms with Crippen LogP contribution in [0, 0.1) is 0 Å². The third-order valence-electron chi connectivity index (χ3n) is 1.65. The van der Waals surface area contributed by atoms with E-state index in [-0.39, 0.29) is 59.6 Å². The van der Waals surface area contributed by atoms with Crippen molar-refractivity contribution in [1.82, 2.24) is 0 Å². The van der Waals surface area contributed by atoms with Crippen LogP contribution in [0.15, 0.2) is 23.0 Å². The first kappa shape index (κ1) is 36.4. The van der Waals surface area contributed by atoms with Crippen LogP contribution in [0.4, 0.5) is 0 Å². The third-order valence-corrected chi connectivity index (χ3v) is 1.65. The zero-order chi connectivity index (χ0) is 10.9. The SMILES string of the molecule is COC1=C([O-])C(=O)C(OC)=C([O-])C1=O.O.O.[Li].[Li].[OH3+].[OH3+]. The monoisotopic (exact) mass is 286 g/mol. The van der Waals surface area contributed by atoms with E-state index in [2.05, 4.69) is 9.47 Å². The largest absolute Gasteiger partial charge is 0.867 e. The number of rotatable bonds is 2. The molecule has 1 aliphatic carbocycles. The molecule has 0 saturated carbocycles. The van der Waals surface area contributed by atoms with E-state index in [0.29, 0.717) is 0 Å². The quantitative estimate of drug-likeness (QED) is 0.271. The fraction of sp³-hybridized carbons (Fsp3) is 0.250. The van der Waals surface area contributed by atoms with Crippen LogP contribution in [0.25, 0.3) is 0 Å². The maximum atomic E-state index is 11.1. The Balaban J connectivity index is -0.0000000817. The van der Waals surface area contributed by atoms with Crippen molar-refractivity contribution in [3.8, 4) is 0 Å². The standard InChI is InChI=1S/C8H8O6.2Li.4H2O/c1-13-7-3(9)5(11)8(14-2)6(12)4(7)10;;;;;;/h9,12H,1-2H3;;;4*1H2. The second kappa shape index (κ2) is 14.5. The Hall–Kier alpha value is -0.945. The van der Waals surface area contributed by atoms with E-state index in [4.69, 9.17) is 0 Å². The first-order valence-electron chi connectivity index (χ1n) is 3.54. The van der Waals surface area contributed by atoms with Crippen LogP contribution < -0.4 is 10.2 Å². The van der Waals surface area contributed by atoms with E-state index in [9.17, 15) is 19.8 Å². The molecular weight excluding hydrogens is 270 g/mol. The van der Waals surface area contributed by atoms with Crippen LogP contribution in [-0.2, 0) is 30.0 Å². The minimum atomic E-state index is -1.16. The summed E-state index contributed by atoms with van der Waals surface area (Å²) < 4.78 is 8.71. The molecule has 0 fully saturated rings. The molecule has 10 N–H and O–H groups in total. The fourth-order valence-electron chi connectivity index (χ4n) is 0.989. The summed E-state index contributed by atoms with van der Waals surface area (Å²) in [6.07, 6.45) is 0. The molecule has 0 spiro atoms. The van der Waals surface area contributed by atoms with Crippen molar-refractivity contribution in [1.29, 1.82) is 0 Å². The molecule has 0 unspecified atom stereocenters. The van der Waals surface area contributed by atoms with E-state index < -0.39 is 34.6 Å². The van der Waals surface area contributed by atoms with Gasteiger partial charge in [0, 0.05) is 37.7 Å². The summed E-state index contributed by atoms with van der Waals surface area (Å²) in [4.78, 5) is 22.2. The molecule has 1 rings (SSSR count). The van der Waals surface area contributed by atoms with Gasteiger partial charge in [-0.1, -0.05) is 0 Å². The van der Waals surface area contributed by atoms with Crippen molar-refractivity contribution < 1.29 is 51.2 Å². The number of ether oxygens (including phenoxy) is 2. The topological polar surface area (TPSA) is 228 Å². The van der Waals surface area contributed by atoms with Gasteiger partial charge in [-0.05, 0) is 11.5 Å². The number of Topliss-reactive ketones (excluding diaryl/α,β-unsaturated/α-hetero) is 2. The van der Waals surface area contributed by atoms with Crippen LogP contribution in [0.3, 0.4) is 0 Å². The van der Waals surface area contributed by atoms with Gasteiger partial charge in [0.25, 0.3) is 0 Å². The molecule has 0 aromatic carbocycles. The van der Waals surface area contributed by atoms with Crippen molar-refractivity contribution in [2.75, 3.05) is 14.2 Å². The Labute approximate surface area is 138 Å². The van der Waals surface area contributed by atoms with Gasteiger partial charge in [0.05, 0.1) is 14.2 Å². The van der Waals surface area contributed by atoms with Crippen LogP contribution in [0.5, 0.6) is 0 Å². The summed E-state index contributed by atoms with van der Waals surface area (Å²) >= 11 is 0. The molecular formula is C8H16Li2O10. The minimum absolute atomic E-state index is 0. The Kier molecular flexibility index (Phi) is 26.4. The van der Waals surface area contributed by atoms with Crippen LogP contribution in [0.2, 0.25) is 0 Å². The van der Waals surface area contributed by atoms with Crippen molar-refractivity contribution in [3.05, 3.63) is 23.0 Å². The van der Waals surface area contributed by atoms with Crippen molar-refractivity contribution >= 4 is 49.3 Å². The number of ketones is 2. The smallest absolute Gasteiger partial charge is 0.215 e. The normalized spacial score (nSPS) is 12.3. The molecule has 0 atom stereocenters. The first-order valence-corrected chi connectivity index (χ1v) is 3.54. The van der Waals surface area contributed by atoms with Crippen molar-refractivity contribution in [3.63, 3.8) is 0 Å². The molecule has 0 saturated heterocycles. The van der Waals surface area contributed by atoms with Gasteiger partial charge in [-0.25, -0.2) is 0 Å². The van der Waals surface area contributed by atoms with E-state index in [1.54, 1.807) is 0 Å². The summed E-state index contributed by atoms with van der Waals surface area (Å²) in [6, 6.07) is 0. The molecule has 0 heterocycles. The van der Waals surface area contributed by atoms with Crippen molar-refractivity contribution in [2.45, 2.75) is 0 Å². The van der Waals surface area contributed by atoms with Crippen molar-refractivity contribution in [2.24, 2.45) is 0 Å². The summed E-state index contributed by atoms with van der Waals surface area (Å²) in [5.74, 6) is -6.16. The van der Waals surface area contributed by atoms with E-state index in [1.807, 2.05) is 0 Å². The van der Waals surface area contributed by atoms with E-state index in [1.165, 1.54) is 0 Å². The molecule has 0 amide bonds. The van der Waals surface area contributed by atoms with E-state index >= 15 is 0 Å². The van der Waals surface area contributed by atoms with Gasteiger partial charge in [-0.3, -0.25) is 9.59 Å². The predicted molar refractivity (Wildman–Crippen MR) is 66.6 cm³/mol. The molecule has 20 heavy (non-hydrogen) atoms. The third kappa shape index (κ3) is 6.01. The summed E-state index contributed by atoms with van der Waals surface area (Å²) in [5, 5.41) is 22.2. The molecule has 1 aliphatic rings. The summed E-state index contributed by atoms with van der Waals surface area (Å²) in [6.45, 7) is 0. The predicted octanol–water partition coefficient (Wildman–Crippen LogP) is -6.68. The van der Waals surface area contributed by atoms with Gasteiger partial charge in [0.15, 0.2) is 11.5 Å². The number of hydrogen-bond donors (Lipinski definition) is 0. The van der Waals surface area contributed by atoms with Crippen LogP contribution in [0.1, 0.15) is 0 Å². The average molecular weight is 286 g/mol. The Morgan fingerprint density at radius 2 is 0.950 bits per heavy atom. The Bertz CT molecular complexity index is 339. The number of carbonyl (C=O) groups excluding carboxylic acids is 2. The van der Waals surface area contributed by atoms with Gasteiger partial charge in [-0.15, -0.1) is 0 Å². The second-order valence-corrected chi connectivity index (χ2v) is 2.38. The van der Waals surface area contributed by atoms with Gasteiger partial charge in [-0.2, -0.15) is 0 Å². The molecule has 0 aromatic rings. The molecule has 0 bridgehead atoms. The molecule has 110 valence electrons. The number of methoxy groups -OCH3 is 2. The zero-order valence-corrected chi connectivity index (χ0v) is 11.6. The van der Waals surface area contributed by atoms with Gasteiger partial charge >= 0.3 is 0 Å². The van der Waals surface area contributed by atoms with E-state index in [0.717, 1.165) is 14.2 Å². The summed E-state index contributed by atoms with van der Waals surface area (Å²) in [5.41, 5.74) is 0. The minimum Gasteiger partial charge on any atom is -0.867 e. The van der Waals surface area contributed by atoms with Gasteiger partial charge in [0.2, 0.25) is 11.6 Å². The molecule has 0 aliphatic heterocycles. The number of carbonyl (C=O) groups is 2. The molecule has 0 aromatic heterocycles. The van der Waals surface area contributed by atoms with Crippen LogP contribution >= 0.6 is 0 Å². The maximum absolute atomic E-state index is 11.1. The fourth-order valence-corrected chi connectivity index (χ4v) is 0.989. The van der Waals surface area contributed by atoms with Gasteiger partial charge < -0.3 is 41.6 Å². The molecule has 12 heteroatoms. The Morgan fingerprint density at radius 1 is 0.750 bits per heavy atom. The van der Waals surface area contributed by atoms with Gasteiger partial charge in [0.1, 0.15) is 0 Å². The number of hydrogen-bond acceptors (Lipinski definition) is 6. The molecule has 2 radical (unpaired) electrons. The average Bonchev–Trinajstić information content (AvgIpc) is 2.17. The first-order chi connectivity index (χ1) is 6.54. The summed E-state index contributed by atoms with van der Waals surface area (Å²) in [7, 11) is 2.06. The second-order valence-electron chi connectivity index (χ2n) is 2.38.